The van der Waals surface area contributed by atoms with Gasteiger partial charge in [-0.15, -0.1) is 0 Å². The van der Waals surface area contributed by atoms with E-state index in [0.717, 1.165) is 23.2 Å². The highest BCUT2D eigenvalue weighted by Gasteiger charge is 2.25. The van der Waals surface area contributed by atoms with Crippen LogP contribution in [0.15, 0.2) is 36.4 Å². The molecule has 2 aromatic carbocycles. The van der Waals surface area contributed by atoms with Crippen LogP contribution in [0.1, 0.15) is 23.0 Å². The van der Waals surface area contributed by atoms with Gasteiger partial charge in [0.1, 0.15) is 24.4 Å². The molecule has 5 nitrogen and oxygen atoms in total. The van der Waals surface area contributed by atoms with Crippen molar-refractivity contribution in [1.29, 1.82) is 0 Å². The Morgan fingerprint density at radius 3 is 2.52 bits per heavy atom. The first-order valence-electron chi connectivity index (χ1n) is 7.96. The molecular formula is C19H19ClO5. The molecule has 0 N–H and O–H groups in total. The van der Waals surface area contributed by atoms with Gasteiger partial charge in [0.25, 0.3) is 0 Å². The van der Waals surface area contributed by atoms with Crippen molar-refractivity contribution in [2.75, 3.05) is 20.3 Å². The molecule has 1 saturated heterocycles. The molecule has 1 aliphatic rings. The van der Waals surface area contributed by atoms with Gasteiger partial charge in [-0.1, -0.05) is 29.8 Å². The molecule has 0 radical (unpaired) electrons. The average molecular weight is 363 g/mol. The van der Waals surface area contributed by atoms with Gasteiger partial charge < -0.3 is 23.7 Å². The lowest BCUT2D eigenvalue weighted by Gasteiger charge is -2.18. The minimum atomic E-state index is -0.506. The number of aldehydes is 1. The van der Waals surface area contributed by atoms with Crippen LogP contribution in [-0.4, -0.2) is 26.6 Å². The van der Waals surface area contributed by atoms with Gasteiger partial charge in [0.15, 0.2) is 6.29 Å². The maximum Gasteiger partial charge on any atom is 0.187 e. The summed E-state index contributed by atoms with van der Waals surface area (Å²) in [6.07, 6.45) is 0.537. The largest absolute Gasteiger partial charge is 0.497 e. The number of hydrogen-bond acceptors (Lipinski definition) is 5. The molecule has 0 bridgehead atoms. The van der Waals surface area contributed by atoms with E-state index in [-0.39, 0.29) is 6.42 Å². The second kappa shape index (κ2) is 8.34. The molecule has 1 aliphatic heterocycles. The maximum atomic E-state index is 10.9. The van der Waals surface area contributed by atoms with Crippen molar-refractivity contribution in [2.24, 2.45) is 0 Å². The molecule has 0 aliphatic carbocycles. The summed E-state index contributed by atoms with van der Waals surface area (Å²) in [7, 11) is 1.62. The summed E-state index contributed by atoms with van der Waals surface area (Å²) in [5.41, 5.74) is 2.41. The van der Waals surface area contributed by atoms with Gasteiger partial charge in [-0.3, -0.25) is 0 Å². The number of rotatable bonds is 7. The molecule has 0 unspecified atom stereocenters. The third-order valence-corrected chi connectivity index (χ3v) is 4.34. The number of methoxy groups -OCH3 is 1. The Balaban J connectivity index is 1.85. The molecule has 2 aromatic rings. The van der Waals surface area contributed by atoms with E-state index in [0.29, 0.717) is 36.2 Å². The van der Waals surface area contributed by atoms with Crippen LogP contribution in [0, 0.1) is 0 Å². The van der Waals surface area contributed by atoms with Crippen molar-refractivity contribution < 1.29 is 23.7 Å². The number of hydrogen-bond donors (Lipinski definition) is 0. The van der Waals surface area contributed by atoms with Crippen molar-refractivity contribution in [1.82, 2.24) is 0 Å². The van der Waals surface area contributed by atoms with Gasteiger partial charge in [-0.25, -0.2) is 0 Å². The summed E-state index contributed by atoms with van der Waals surface area (Å²) in [5.74, 6) is 1.27. The third-order valence-electron chi connectivity index (χ3n) is 3.93. The number of carbonyl (C=O) groups is 1. The van der Waals surface area contributed by atoms with Crippen LogP contribution in [-0.2, 0) is 27.3 Å². The molecule has 0 saturated carbocycles. The minimum Gasteiger partial charge on any atom is -0.497 e. The van der Waals surface area contributed by atoms with Gasteiger partial charge in [0, 0.05) is 6.42 Å². The molecule has 3 rings (SSSR count). The SMILES string of the molecule is COc1ccc(COc2c(C3OCCO3)ccc(CC=O)c2Cl)cc1. The van der Waals surface area contributed by atoms with Crippen LogP contribution in [0.2, 0.25) is 5.02 Å². The van der Waals surface area contributed by atoms with E-state index >= 15 is 0 Å². The van der Waals surface area contributed by atoms with E-state index in [2.05, 4.69) is 0 Å². The summed E-state index contributed by atoms with van der Waals surface area (Å²) in [6.45, 7) is 1.38. The zero-order valence-corrected chi connectivity index (χ0v) is 14.6. The molecule has 1 heterocycles. The Kier molecular flexibility index (Phi) is 5.91. The second-order valence-electron chi connectivity index (χ2n) is 5.54. The highest BCUT2D eigenvalue weighted by molar-refractivity contribution is 6.33. The van der Waals surface area contributed by atoms with Gasteiger partial charge in [-0.2, -0.15) is 0 Å². The van der Waals surface area contributed by atoms with Crippen LogP contribution in [0.25, 0.3) is 0 Å². The topological polar surface area (TPSA) is 54.0 Å². The Labute approximate surface area is 151 Å². The molecule has 25 heavy (non-hydrogen) atoms. The van der Waals surface area contributed by atoms with Crippen LogP contribution in [0.4, 0.5) is 0 Å². The first-order chi connectivity index (χ1) is 12.2. The lowest BCUT2D eigenvalue weighted by atomic mass is 10.1. The van der Waals surface area contributed by atoms with E-state index in [4.69, 9.17) is 30.5 Å². The van der Waals surface area contributed by atoms with Crippen LogP contribution in [0.3, 0.4) is 0 Å². The van der Waals surface area contributed by atoms with Crippen molar-refractivity contribution in [3.63, 3.8) is 0 Å². The fraction of sp³-hybridized carbons (Fsp3) is 0.316. The molecule has 132 valence electrons. The monoisotopic (exact) mass is 362 g/mol. The minimum absolute atomic E-state index is 0.227. The fourth-order valence-electron chi connectivity index (χ4n) is 2.61. The third kappa shape index (κ3) is 4.12. The van der Waals surface area contributed by atoms with E-state index < -0.39 is 6.29 Å². The van der Waals surface area contributed by atoms with Crippen molar-refractivity contribution in [2.45, 2.75) is 19.3 Å². The first-order valence-corrected chi connectivity index (χ1v) is 8.34. The van der Waals surface area contributed by atoms with E-state index in [1.165, 1.54) is 0 Å². The molecule has 0 atom stereocenters. The van der Waals surface area contributed by atoms with Crippen molar-refractivity contribution >= 4 is 17.9 Å². The molecular weight excluding hydrogens is 344 g/mol. The Hall–Kier alpha value is -2.08. The summed E-state index contributed by atoms with van der Waals surface area (Å²) < 4.78 is 22.3. The van der Waals surface area contributed by atoms with Gasteiger partial charge in [0.05, 0.1) is 30.9 Å². The lowest BCUT2D eigenvalue weighted by molar-refractivity contribution is -0.107. The van der Waals surface area contributed by atoms with Gasteiger partial charge in [0.2, 0.25) is 0 Å². The molecule has 1 fully saturated rings. The highest BCUT2D eigenvalue weighted by atomic mass is 35.5. The predicted molar refractivity (Wildman–Crippen MR) is 93.2 cm³/mol. The van der Waals surface area contributed by atoms with Crippen molar-refractivity contribution in [3.05, 3.63) is 58.1 Å². The Morgan fingerprint density at radius 2 is 1.88 bits per heavy atom. The smallest absolute Gasteiger partial charge is 0.187 e. The first kappa shape index (κ1) is 17.7. The van der Waals surface area contributed by atoms with Crippen LogP contribution >= 0.6 is 11.6 Å². The Morgan fingerprint density at radius 1 is 1.16 bits per heavy atom. The van der Waals surface area contributed by atoms with E-state index in [1.807, 2.05) is 30.3 Å². The lowest BCUT2D eigenvalue weighted by Crippen LogP contribution is -2.06. The Bertz CT molecular complexity index is 723. The van der Waals surface area contributed by atoms with Crippen LogP contribution in [0.5, 0.6) is 11.5 Å². The number of halogens is 1. The molecule has 0 amide bonds. The number of ether oxygens (including phenoxy) is 4. The van der Waals surface area contributed by atoms with E-state index in [1.54, 1.807) is 13.2 Å². The fourth-order valence-corrected chi connectivity index (χ4v) is 2.91. The summed E-state index contributed by atoms with van der Waals surface area (Å²) in [5, 5.41) is 0.414. The normalized spacial score (nSPS) is 14.5. The quantitative estimate of drug-likeness (QED) is 0.703. The summed E-state index contributed by atoms with van der Waals surface area (Å²) in [6, 6.07) is 11.2. The highest BCUT2D eigenvalue weighted by Crippen LogP contribution is 2.39. The summed E-state index contributed by atoms with van der Waals surface area (Å²) in [4.78, 5) is 10.9. The van der Waals surface area contributed by atoms with Crippen LogP contribution < -0.4 is 9.47 Å². The van der Waals surface area contributed by atoms with Crippen molar-refractivity contribution in [3.8, 4) is 11.5 Å². The molecule has 6 heteroatoms. The van der Waals surface area contributed by atoms with E-state index in [9.17, 15) is 4.79 Å². The number of carbonyl (C=O) groups excluding carboxylic acids is 1. The maximum absolute atomic E-state index is 10.9. The zero-order chi connectivity index (χ0) is 17.6. The van der Waals surface area contributed by atoms with Gasteiger partial charge in [-0.05, 0) is 29.3 Å². The average Bonchev–Trinajstić information content (AvgIpc) is 3.17. The zero-order valence-electron chi connectivity index (χ0n) is 13.9. The predicted octanol–water partition coefficient (Wildman–Crippen LogP) is 3.71. The second-order valence-corrected chi connectivity index (χ2v) is 5.92. The summed E-state index contributed by atoms with van der Waals surface area (Å²) >= 11 is 6.47. The molecule has 0 spiro atoms. The van der Waals surface area contributed by atoms with Gasteiger partial charge >= 0.3 is 0 Å². The standard InChI is InChI=1S/C19H19ClO5/c1-22-15-5-2-13(3-6-15)12-25-18-16(19-23-10-11-24-19)7-4-14(8-9-21)17(18)20/h2-7,9,19H,8,10-12H2,1H3. The number of benzene rings is 2. The molecule has 0 aromatic heterocycles.